The molecule has 0 spiro atoms. The van der Waals surface area contributed by atoms with Crippen LogP contribution in [0.1, 0.15) is 47.5 Å². The van der Waals surface area contributed by atoms with Crippen molar-refractivity contribution in [2.24, 2.45) is 17.1 Å². The van der Waals surface area contributed by atoms with Gasteiger partial charge < -0.3 is 5.73 Å². The minimum absolute atomic E-state index is 0.00107. The van der Waals surface area contributed by atoms with Gasteiger partial charge >= 0.3 is 0 Å². The predicted octanol–water partition coefficient (Wildman–Crippen LogP) is 3.45. The zero-order chi connectivity index (χ0) is 14.6. The number of hydrogen-bond donors (Lipinski definition) is 1. The molecule has 108 valence electrons. The molecular weight excluding hydrogens is 258 g/mol. The number of rotatable bonds is 8. The first-order valence-electron chi connectivity index (χ1n) is 6.95. The average molecular weight is 290 g/mol. The van der Waals surface area contributed by atoms with Gasteiger partial charge in [0.05, 0.1) is 0 Å². The Labute approximate surface area is 119 Å². The van der Waals surface area contributed by atoms with Crippen LogP contribution < -0.4 is 5.73 Å². The average Bonchev–Trinajstić information content (AvgIpc) is 2.23. The van der Waals surface area contributed by atoms with Crippen molar-refractivity contribution in [1.82, 2.24) is 0 Å². The topological polar surface area (TPSA) is 43.1 Å². The van der Waals surface area contributed by atoms with Gasteiger partial charge in [0.1, 0.15) is 0 Å². The van der Waals surface area contributed by atoms with Crippen molar-refractivity contribution in [3.63, 3.8) is 0 Å². The third-order valence-corrected chi connectivity index (χ3v) is 7.98. The third kappa shape index (κ3) is 6.28. The van der Waals surface area contributed by atoms with E-state index in [2.05, 4.69) is 47.7 Å². The summed E-state index contributed by atoms with van der Waals surface area (Å²) in [4.78, 5) is 11.7. The van der Waals surface area contributed by atoms with Crippen molar-refractivity contribution in [1.29, 1.82) is 0 Å². The lowest BCUT2D eigenvalue weighted by atomic mass is 9.72. The Balaban J connectivity index is 4.73. The van der Waals surface area contributed by atoms with Gasteiger partial charge in [-0.3, -0.25) is 4.79 Å². The number of thioether (sulfide) groups is 1. The molecule has 1 atom stereocenters. The van der Waals surface area contributed by atoms with Gasteiger partial charge in [0.25, 0.3) is 0 Å². The summed E-state index contributed by atoms with van der Waals surface area (Å²) >= 11 is 2.01. The Morgan fingerprint density at radius 2 is 1.78 bits per heavy atom. The molecule has 2 nitrogen and oxygen atoms in total. The molecule has 0 aliphatic heterocycles. The maximum absolute atomic E-state index is 11.7. The second-order valence-electron chi connectivity index (χ2n) is 6.97. The molecule has 0 saturated carbocycles. The number of carbonyl (C=O) groups is 1. The van der Waals surface area contributed by atoms with Crippen LogP contribution in [-0.2, 0) is 4.79 Å². The van der Waals surface area contributed by atoms with Crippen LogP contribution in [0.3, 0.4) is 0 Å². The fraction of sp³-hybridized carbons (Fsp3) is 0.929. The number of primary amides is 1. The summed E-state index contributed by atoms with van der Waals surface area (Å²) in [5, 5.41) is 1.27. The second kappa shape index (κ2) is 6.99. The van der Waals surface area contributed by atoms with Crippen LogP contribution in [0, 0.1) is 11.3 Å². The molecule has 2 N–H and O–H groups in total. The summed E-state index contributed by atoms with van der Waals surface area (Å²) < 4.78 is 0.142. The molecule has 0 aromatic carbocycles. The molecule has 0 radical (unpaired) electrons. The summed E-state index contributed by atoms with van der Waals surface area (Å²) in [7, 11) is -0.543. The van der Waals surface area contributed by atoms with Gasteiger partial charge in [-0.15, -0.1) is 0 Å². The minimum Gasteiger partial charge on any atom is -0.369 e. The molecular formula is C14H31NOSSi. The number of carbonyl (C=O) groups excluding carboxylic acids is 1. The maximum Gasteiger partial charge on any atom is 0.221 e. The highest BCUT2D eigenvalue weighted by molar-refractivity contribution is 8.01. The van der Waals surface area contributed by atoms with Crippen molar-refractivity contribution >= 4 is 26.5 Å². The SMILES string of the molecule is CCC(C)(C)C(CC(C)(C)SC[SiH](C)C)C(N)=O. The molecule has 0 bridgehead atoms. The fourth-order valence-corrected chi connectivity index (χ4v) is 5.37. The van der Waals surface area contributed by atoms with Crippen LogP contribution in [0.4, 0.5) is 0 Å². The van der Waals surface area contributed by atoms with Gasteiger partial charge in [-0.25, -0.2) is 0 Å². The van der Waals surface area contributed by atoms with Gasteiger partial charge in [0, 0.05) is 19.5 Å². The summed E-state index contributed by atoms with van der Waals surface area (Å²) in [5.41, 5.74) is 5.62. The highest BCUT2D eigenvalue weighted by atomic mass is 32.2. The van der Waals surface area contributed by atoms with E-state index in [4.69, 9.17) is 5.73 Å². The molecule has 0 rings (SSSR count). The lowest BCUT2D eigenvalue weighted by molar-refractivity contribution is -0.126. The van der Waals surface area contributed by atoms with E-state index in [-0.39, 0.29) is 22.0 Å². The Kier molecular flexibility index (Phi) is 7.00. The van der Waals surface area contributed by atoms with E-state index >= 15 is 0 Å². The smallest absolute Gasteiger partial charge is 0.221 e. The first-order chi connectivity index (χ1) is 8.02. The lowest BCUT2D eigenvalue weighted by Gasteiger charge is -2.37. The third-order valence-electron chi connectivity index (χ3n) is 3.70. The maximum atomic E-state index is 11.7. The van der Waals surface area contributed by atoms with Gasteiger partial charge in [-0.1, -0.05) is 54.1 Å². The van der Waals surface area contributed by atoms with E-state index < -0.39 is 8.80 Å². The Hall–Kier alpha value is 0.0369. The van der Waals surface area contributed by atoms with Gasteiger partial charge in [0.2, 0.25) is 5.91 Å². The Morgan fingerprint density at radius 3 is 2.11 bits per heavy atom. The Morgan fingerprint density at radius 1 is 1.28 bits per heavy atom. The summed E-state index contributed by atoms with van der Waals surface area (Å²) in [6.07, 6.45) is 1.87. The van der Waals surface area contributed by atoms with E-state index in [1.54, 1.807) is 0 Å². The number of nitrogens with two attached hydrogens (primary N) is 1. The van der Waals surface area contributed by atoms with Crippen LogP contribution in [0.25, 0.3) is 0 Å². The van der Waals surface area contributed by atoms with E-state index in [0.717, 1.165) is 12.8 Å². The monoisotopic (exact) mass is 289 g/mol. The molecule has 0 aromatic heterocycles. The van der Waals surface area contributed by atoms with Crippen molar-refractivity contribution in [3.8, 4) is 0 Å². The highest BCUT2D eigenvalue weighted by Gasteiger charge is 2.36. The van der Waals surface area contributed by atoms with E-state index in [9.17, 15) is 4.79 Å². The molecule has 0 saturated heterocycles. The molecule has 0 aliphatic carbocycles. The normalized spacial score (nSPS) is 14.9. The fourth-order valence-electron chi connectivity index (χ4n) is 1.95. The quantitative estimate of drug-likeness (QED) is 0.695. The molecule has 0 aromatic rings. The summed E-state index contributed by atoms with van der Waals surface area (Å²) in [6.45, 7) is 15.7. The van der Waals surface area contributed by atoms with Crippen LogP contribution in [0.15, 0.2) is 0 Å². The van der Waals surface area contributed by atoms with Crippen LogP contribution in [0.5, 0.6) is 0 Å². The van der Waals surface area contributed by atoms with Crippen molar-refractivity contribution in [3.05, 3.63) is 0 Å². The standard InChI is InChI=1S/C14H31NOSSi/c1-8-13(2,3)11(12(15)16)9-14(4,5)17-10-18(6)7/h11,18H,8-10H2,1-7H3,(H2,15,16). The van der Waals surface area contributed by atoms with E-state index in [1.165, 1.54) is 5.38 Å². The number of hydrogen-bond acceptors (Lipinski definition) is 2. The van der Waals surface area contributed by atoms with Crippen LogP contribution in [-0.4, -0.2) is 24.8 Å². The molecule has 0 fully saturated rings. The largest absolute Gasteiger partial charge is 0.369 e. The van der Waals surface area contributed by atoms with Crippen LogP contribution in [0.2, 0.25) is 13.1 Å². The van der Waals surface area contributed by atoms with Gasteiger partial charge in [0.15, 0.2) is 0 Å². The molecule has 0 aliphatic rings. The van der Waals surface area contributed by atoms with Crippen molar-refractivity contribution in [2.75, 3.05) is 5.38 Å². The zero-order valence-electron chi connectivity index (χ0n) is 13.2. The predicted molar refractivity (Wildman–Crippen MR) is 86.8 cm³/mol. The first kappa shape index (κ1) is 18.0. The first-order valence-corrected chi connectivity index (χ1v) is 11.1. The second-order valence-corrected chi connectivity index (χ2v) is 12.5. The Bertz CT molecular complexity index is 277. The molecule has 1 unspecified atom stereocenters. The van der Waals surface area contributed by atoms with E-state index in [0.29, 0.717) is 0 Å². The highest BCUT2D eigenvalue weighted by Crippen LogP contribution is 2.40. The zero-order valence-corrected chi connectivity index (χ0v) is 15.1. The minimum atomic E-state index is -0.543. The summed E-state index contributed by atoms with van der Waals surface area (Å²) in [5.74, 6) is -0.170. The molecule has 4 heteroatoms. The number of amides is 1. The molecule has 1 amide bonds. The molecule has 0 heterocycles. The van der Waals surface area contributed by atoms with Crippen molar-refractivity contribution < 1.29 is 4.79 Å². The lowest BCUT2D eigenvalue weighted by Crippen LogP contribution is -2.39. The van der Waals surface area contributed by atoms with Gasteiger partial charge in [-0.05, 0) is 17.2 Å². The van der Waals surface area contributed by atoms with Crippen molar-refractivity contribution in [2.45, 2.75) is 65.3 Å². The van der Waals surface area contributed by atoms with E-state index in [1.807, 2.05) is 11.8 Å². The molecule has 18 heavy (non-hydrogen) atoms. The van der Waals surface area contributed by atoms with Crippen LogP contribution >= 0.6 is 11.8 Å². The van der Waals surface area contributed by atoms with Gasteiger partial charge in [-0.2, -0.15) is 11.8 Å². The summed E-state index contributed by atoms with van der Waals surface area (Å²) in [6, 6.07) is 0.